The molecule has 0 amide bonds. The number of halogens is 2. The maximum Gasteiger partial charge on any atom is 0.250 e. The second kappa shape index (κ2) is 5.90. The lowest BCUT2D eigenvalue weighted by atomic mass is 10.1. The van der Waals surface area contributed by atoms with Crippen LogP contribution in [0.4, 0.5) is 16.0 Å². The van der Waals surface area contributed by atoms with E-state index in [9.17, 15) is 4.39 Å². The molecule has 0 aliphatic rings. The normalized spacial score (nSPS) is 10.9. The summed E-state index contributed by atoms with van der Waals surface area (Å²) in [5.74, 6) is 0.200. The average molecular weight is 340 g/mol. The zero-order valence-electron chi connectivity index (χ0n) is 12.3. The van der Waals surface area contributed by atoms with Gasteiger partial charge in [-0.05, 0) is 60.7 Å². The van der Waals surface area contributed by atoms with Crippen LogP contribution in [0.5, 0.6) is 0 Å². The molecule has 4 rings (SSSR count). The van der Waals surface area contributed by atoms with Crippen LogP contribution in [0.2, 0.25) is 5.02 Å². The lowest BCUT2D eigenvalue weighted by Crippen LogP contribution is -2.01. The molecule has 0 spiro atoms. The van der Waals surface area contributed by atoms with Crippen LogP contribution in [-0.2, 0) is 0 Å². The van der Waals surface area contributed by atoms with E-state index in [4.69, 9.17) is 11.6 Å². The minimum absolute atomic E-state index is 0.283. The molecule has 5 nitrogen and oxygen atoms in total. The molecule has 1 N–H and O–H groups in total. The number of aromatic nitrogens is 4. The van der Waals surface area contributed by atoms with E-state index in [2.05, 4.69) is 20.6 Å². The fourth-order valence-electron chi connectivity index (χ4n) is 2.30. The molecule has 7 heteroatoms. The molecule has 0 saturated carbocycles. The van der Waals surface area contributed by atoms with Crippen LogP contribution in [0, 0.1) is 5.82 Å². The van der Waals surface area contributed by atoms with Crippen LogP contribution in [-0.4, -0.2) is 19.8 Å². The summed E-state index contributed by atoms with van der Waals surface area (Å²) < 4.78 is 14.7. The summed E-state index contributed by atoms with van der Waals surface area (Å²) >= 11 is 5.89. The van der Waals surface area contributed by atoms with Gasteiger partial charge >= 0.3 is 0 Å². The van der Waals surface area contributed by atoms with Crippen LogP contribution in [0.1, 0.15) is 0 Å². The van der Waals surface area contributed by atoms with Gasteiger partial charge < -0.3 is 5.32 Å². The number of nitrogens with one attached hydrogen (secondary N) is 1. The smallest absolute Gasteiger partial charge is 0.250 e. The van der Waals surface area contributed by atoms with Crippen molar-refractivity contribution in [2.24, 2.45) is 0 Å². The first-order valence-electron chi connectivity index (χ1n) is 7.20. The topological polar surface area (TPSA) is 55.1 Å². The zero-order valence-corrected chi connectivity index (χ0v) is 13.1. The highest BCUT2D eigenvalue weighted by Crippen LogP contribution is 2.21. The quantitative estimate of drug-likeness (QED) is 0.603. The number of rotatable bonds is 3. The lowest BCUT2D eigenvalue weighted by Gasteiger charge is -2.05. The predicted octanol–water partition coefficient (Wildman–Crippen LogP) is 4.33. The molecule has 0 radical (unpaired) electrons. The first-order chi connectivity index (χ1) is 11.7. The molecule has 0 unspecified atom stereocenters. The van der Waals surface area contributed by atoms with Crippen LogP contribution in [0.3, 0.4) is 0 Å². The molecular formula is C17H11ClFN5. The maximum absolute atomic E-state index is 13.1. The Balaban J connectivity index is 1.73. The van der Waals surface area contributed by atoms with Gasteiger partial charge in [0.25, 0.3) is 0 Å². The first kappa shape index (κ1) is 14.6. The van der Waals surface area contributed by atoms with Gasteiger partial charge in [-0.2, -0.15) is 9.61 Å². The standard InChI is InChI=1S/C17H11ClFN5/c18-12-3-7-14(8-4-12)20-17-22-21-16-10-9-15(23-24(16)17)11-1-5-13(19)6-2-11/h1-10H,(H,20,22). The molecular weight excluding hydrogens is 329 g/mol. The Morgan fingerprint density at radius 2 is 1.62 bits per heavy atom. The summed E-state index contributed by atoms with van der Waals surface area (Å²) in [5, 5.41) is 16.5. The number of benzene rings is 2. The molecule has 0 bridgehead atoms. The molecule has 2 aromatic carbocycles. The second-order valence-corrected chi connectivity index (χ2v) is 5.59. The molecule has 2 heterocycles. The summed E-state index contributed by atoms with van der Waals surface area (Å²) in [4.78, 5) is 0. The van der Waals surface area contributed by atoms with Crippen molar-refractivity contribution in [3.05, 3.63) is 71.5 Å². The molecule has 0 fully saturated rings. The van der Waals surface area contributed by atoms with Gasteiger partial charge in [0.1, 0.15) is 5.82 Å². The highest BCUT2D eigenvalue weighted by atomic mass is 35.5. The van der Waals surface area contributed by atoms with Crippen molar-refractivity contribution in [2.45, 2.75) is 0 Å². The molecule has 24 heavy (non-hydrogen) atoms. The minimum atomic E-state index is -0.283. The molecule has 0 saturated heterocycles. The highest BCUT2D eigenvalue weighted by Gasteiger charge is 2.09. The molecule has 2 aromatic heterocycles. The van der Waals surface area contributed by atoms with E-state index < -0.39 is 0 Å². The Labute approximate surface area is 141 Å². The fourth-order valence-corrected chi connectivity index (χ4v) is 2.43. The van der Waals surface area contributed by atoms with E-state index in [1.165, 1.54) is 12.1 Å². The van der Waals surface area contributed by atoms with Gasteiger partial charge in [0, 0.05) is 16.3 Å². The molecule has 118 valence electrons. The van der Waals surface area contributed by atoms with Crippen LogP contribution in [0.25, 0.3) is 16.9 Å². The summed E-state index contributed by atoms with van der Waals surface area (Å²) in [6.07, 6.45) is 0. The van der Waals surface area contributed by atoms with Gasteiger partial charge in [0.05, 0.1) is 5.69 Å². The van der Waals surface area contributed by atoms with Gasteiger partial charge in [-0.3, -0.25) is 0 Å². The summed E-state index contributed by atoms with van der Waals surface area (Å²) in [7, 11) is 0. The highest BCUT2D eigenvalue weighted by molar-refractivity contribution is 6.30. The van der Waals surface area contributed by atoms with E-state index in [1.807, 2.05) is 24.3 Å². The van der Waals surface area contributed by atoms with Crippen molar-refractivity contribution in [2.75, 3.05) is 5.32 Å². The van der Waals surface area contributed by atoms with Gasteiger partial charge in [0.2, 0.25) is 5.95 Å². The molecule has 4 aromatic rings. The van der Waals surface area contributed by atoms with Crippen LogP contribution in [0.15, 0.2) is 60.7 Å². The van der Waals surface area contributed by atoms with E-state index in [-0.39, 0.29) is 5.82 Å². The van der Waals surface area contributed by atoms with E-state index in [0.717, 1.165) is 11.3 Å². The Morgan fingerprint density at radius 1 is 0.875 bits per heavy atom. The van der Waals surface area contributed by atoms with Crippen molar-refractivity contribution in [1.82, 2.24) is 19.8 Å². The Kier molecular flexibility index (Phi) is 3.59. The minimum Gasteiger partial charge on any atom is -0.323 e. The van der Waals surface area contributed by atoms with Crippen molar-refractivity contribution < 1.29 is 4.39 Å². The van der Waals surface area contributed by atoms with Gasteiger partial charge in [0.15, 0.2) is 5.65 Å². The van der Waals surface area contributed by atoms with E-state index >= 15 is 0 Å². The largest absolute Gasteiger partial charge is 0.323 e. The van der Waals surface area contributed by atoms with E-state index in [1.54, 1.807) is 28.8 Å². The SMILES string of the molecule is Fc1ccc(-c2ccc3nnc(Nc4ccc(Cl)cc4)n3n2)cc1. The number of hydrogen-bond acceptors (Lipinski definition) is 4. The molecule has 0 atom stereocenters. The Morgan fingerprint density at radius 3 is 2.38 bits per heavy atom. The molecule has 0 aliphatic carbocycles. The average Bonchev–Trinajstić information content (AvgIpc) is 3.00. The number of fused-ring (bicyclic) bond motifs is 1. The Hall–Kier alpha value is -2.99. The summed E-state index contributed by atoms with van der Waals surface area (Å²) in [5.41, 5.74) is 2.94. The van der Waals surface area contributed by atoms with Crippen LogP contribution >= 0.6 is 11.6 Å². The molecule has 0 aliphatic heterocycles. The number of anilines is 2. The van der Waals surface area contributed by atoms with Crippen molar-refractivity contribution in [3.63, 3.8) is 0 Å². The van der Waals surface area contributed by atoms with Crippen molar-refractivity contribution in [3.8, 4) is 11.3 Å². The Bertz CT molecular complexity index is 996. The number of hydrogen-bond donors (Lipinski definition) is 1. The predicted molar refractivity (Wildman–Crippen MR) is 90.9 cm³/mol. The van der Waals surface area contributed by atoms with E-state index in [0.29, 0.717) is 22.3 Å². The second-order valence-electron chi connectivity index (χ2n) is 5.15. The first-order valence-corrected chi connectivity index (χ1v) is 7.58. The zero-order chi connectivity index (χ0) is 16.5. The van der Waals surface area contributed by atoms with Gasteiger partial charge in [-0.15, -0.1) is 10.2 Å². The maximum atomic E-state index is 13.1. The summed E-state index contributed by atoms with van der Waals surface area (Å²) in [6, 6.07) is 17.0. The monoisotopic (exact) mass is 339 g/mol. The summed E-state index contributed by atoms with van der Waals surface area (Å²) in [6.45, 7) is 0. The third kappa shape index (κ3) is 2.79. The van der Waals surface area contributed by atoms with Gasteiger partial charge in [-0.25, -0.2) is 4.39 Å². The fraction of sp³-hybridized carbons (Fsp3) is 0. The lowest BCUT2D eigenvalue weighted by molar-refractivity contribution is 0.628. The third-order valence-corrected chi connectivity index (χ3v) is 3.76. The van der Waals surface area contributed by atoms with Crippen molar-refractivity contribution >= 4 is 28.9 Å². The third-order valence-electron chi connectivity index (χ3n) is 3.50. The number of nitrogens with zero attached hydrogens (tertiary/aromatic N) is 4. The van der Waals surface area contributed by atoms with Crippen molar-refractivity contribution in [1.29, 1.82) is 0 Å². The van der Waals surface area contributed by atoms with Crippen LogP contribution < -0.4 is 5.32 Å². The van der Waals surface area contributed by atoms with Gasteiger partial charge in [-0.1, -0.05) is 11.6 Å².